The molecule has 0 amide bonds. The first kappa shape index (κ1) is 14.1. The number of carboxylic acid groups (broad SMARTS) is 1. The van der Waals surface area contributed by atoms with Gasteiger partial charge in [0, 0.05) is 12.5 Å². The lowest BCUT2D eigenvalue weighted by Crippen LogP contribution is -1.97. The molecule has 0 bridgehead atoms. The predicted molar refractivity (Wildman–Crippen MR) is 72.6 cm³/mol. The minimum absolute atomic E-state index is 0.198. The lowest BCUT2D eigenvalue weighted by atomic mass is 10.1. The van der Waals surface area contributed by atoms with Crippen molar-refractivity contribution in [2.45, 2.75) is 32.8 Å². The summed E-state index contributed by atoms with van der Waals surface area (Å²) in [7, 11) is 0. The number of rotatable bonds is 7. The first-order valence-corrected chi connectivity index (χ1v) is 6.49. The summed E-state index contributed by atoms with van der Waals surface area (Å²) in [5.41, 5.74) is 1.86. The van der Waals surface area contributed by atoms with Crippen LogP contribution in [0.15, 0.2) is 34.9 Å². The van der Waals surface area contributed by atoms with Crippen molar-refractivity contribution < 1.29 is 19.2 Å². The molecule has 1 aromatic heterocycles. The topological polar surface area (TPSA) is 72.6 Å². The van der Waals surface area contributed by atoms with Crippen molar-refractivity contribution in [3.05, 3.63) is 47.3 Å². The highest BCUT2D eigenvalue weighted by Gasteiger charge is 2.02. The molecule has 0 saturated carbocycles. The molecule has 0 aliphatic heterocycles. The maximum absolute atomic E-state index is 10.4. The Labute approximate surface area is 117 Å². The summed E-state index contributed by atoms with van der Waals surface area (Å²) in [5.74, 6) is 0.762. The zero-order valence-electron chi connectivity index (χ0n) is 11.3. The van der Waals surface area contributed by atoms with Crippen molar-refractivity contribution in [2.24, 2.45) is 0 Å². The Morgan fingerprint density at radius 1 is 1.35 bits per heavy atom. The lowest BCUT2D eigenvalue weighted by molar-refractivity contribution is -0.137. The van der Waals surface area contributed by atoms with Gasteiger partial charge in [-0.15, -0.1) is 0 Å². The van der Waals surface area contributed by atoms with E-state index in [-0.39, 0.29) is 6.42 Å². The fraction of sp³-hybridized carbons (Fsp3) is 0.333. The van der Waals surface area contributed by atoms with E-state index in [1.807, 2.05) is 37.3 Å². The number of benzene rings is 1. The van der Waals surface area contributed by atoms with Gasteiger partial charge in [0.2, 0.25) is 0 Å². The Morgan fingerprint density at radius 2 is 2.10 bits per heavy atom. The van der Waals surface area contributed by atoms with Crippen LogP contribution < -0.4 is 4.74 Å². The molecule has 1 heterocycles. The van der Waals surface area contributed by atoms with Gasteiger partial charge in [-0.2, -0.15) is 0 Å². The fourth-order valence-corrected chi connectivity index (χ4v) is 1.84. The molecule has 20 heavy (non-hydrogen) atoms. The van der Waals surface area contributed by atoms with E-state index in [9.17, 15) is 4.79 Å². The third kappa shape index (κ3) is 4.42. The summed E-state index contributed by atoms with van der Waals surface area (Å²) in [4.78, 5) is 10.4. The van der Waals surface area contributed by atoms with E-state index in [1.165, 1.54) is 0 Å². The number of ether oxygens (including phenoxy) is 1. The number of aromatic nitrogens is 1. The summed E-state index contributed by atoms with van der Waals surface area (Å²) in [6, 6.07) is 9.49. The zero-order chi connectivity index (χ0) is 14.4. The fourth-order valence-electron chi connectivity index (χ4n) is 1.84. The summed E-state index contributed by atoms with van der Waals surface area (Å²) in [6.45, 7) is 2.21. The molecule has 106 valence electrons. The average molecular weight is 275 g/mol. The van der Waals surface area contributed by atoms with Gasteiger partial charge in [-0.05, 0) is 37.5 Å². The molecule has 0 spiro atoms. The van der Waals surface area contributed by atoms with Crippen molar-refractivity contribution in [1.29, 1.82) is 0 Å². The smallest absolute Gasteiger partial charge is 0.303 e. The van der Waals surface area contributed by atoms with Gasteiger partial charge in [0.05, 0.1) is 0 Å². The van der Waals surface area contributed by atoms with Crippen molar-refractivity contribution in [1.82, 2.24) is 5.16 Å². The van der Waals surface area contributed by atoms with E-state index in [0.29, 0.717) is 13.0 Å². The molecule has 1 aromatic carbocycles. The van der Waals surface area contributed by atoms with Gasteiger partial charge in [-0.25, -0.2) is 0 Å². The Hall–Kier alpha value is -2.30. The van der Waals surface area contributed by atoms with Crippen molar-refractivity contribution in [2.75, 3.05) is 0 Å². The quantitative estimate of drug-likeness (QED) is 0.841. The second-order valence-corrected chi connectivity index (χ2v) is 4.61. The molecule has 0 aliphatic rings. The van der Waals surface area contributed by atoms with Gasteiger partial charge in [0.25, 0.3) is 0 Å². The highest BCUT2D eigenvalue weighted by Crippen LogP contribution is 2.15. The molecular formula is C15H17NO4. The minimum atomic E-state index is -0.757. The molecule has 2 rings (SSSR count). The number of carbonyl (C=O) groups is 1. The molecule has 0 atom stereocenters. The summed E-state index contributed by atoms with van der Waals surface area (Å²) in [5, 5.41) is 12.4. The highest BCUT2D eigenvalue weighted by atomic mass is 16.5. The van der Waals surface area contributed by atoms with Crippen LogP contribution in [0.4, 0.5) is 0 Å². The molecule has 5 heteroatoms. The van der Waals surface area contributed by atoms with Crippen molar-refractivity contribution in [3.63, 3.8) is 0 Å². The van der Waals surface area contributed by atoms with Crippen LogP contribution in [0.2, 0.25) is 0 Å². The molecule has 1 N–H and O–H groups in total. The SMILES string of the molecule is Cc1cc(COc2ccc(CCCC(=O)O)cc2)no1. The number of carboxylic acids is 1. The Bertz CT molecular complexity index is 560. The van der Waals surface area contributed by atoms with Crippen LogP contribution >= 0.6 is 0 Å². The Balaban J connectivity index is 1.80. The average Bonchev–Trinajstić information content (AvgIpc) is 2.83. The molecule has 5 nitrogen and oxygen atoms in total. The molecule has 2 aromatic rings. The van der Waals surface area contributed by atoms with Gasteiger partial charge in [0.1, 0.15) is 23.8 Å². The van der Waals surface area contributed by atoms with Gasteiger partial charge in [0.15, 0.2) is 0 Å². The van der Waals surface area contributed by atoms with Crippen molar-refractivity contribution >= 4 is 5.97 Å². The lowest BCUT2D eigenvalue weighted by Gasteiger charge is -2.05. The summed E-state index contributed by atoms with van der Waals surface area (Å²) < 4.78 is 10.5. The zero-order valence-corrected chi connectivity index (χ0v) is 11.3. The van der Waals surface area contributed by atoms with Gasteiger partial charge in [-0.3, -0.25) is 4.79 Å². The first-order chi connectivity index (χ1) is 9.63. The predicted octanol–water partition coefficient (Wildman–Crippen LogP) is 2.97. The van der Waals surface area contributed by atoms with Crippen LogP contribution in [0.5, 0.6) is 5.75 Å². The molecule has 0 saturated heterocycles. The van der Waals surface area contributed by atoms with Gasteiger partial charge >= 0.3 is 5.97 Å². The maximum atomic E-state index is 10.4. The molecule has 0 radical (unpaired) electrons. The van der Waals surface area contributed by atoms with E-state index < -0.39 is 5.97 Å². The summed E-state index contributed by atoms with van der Waals surface area (Å²) in [6.07, 6.45) is 1.60. The van der Waals surface area contributed by atoms with Crippen LogP contribution in [0.25, 0.3) is 0 Å². The Kier molecular flexibility index (Phi) is 4.76. The first-order valence-electron chi connectivity index (χ1n) is 6.49. The highest BCUT2D eigenvalue weighted by molar-refractivity contribution is 5.66. The Morgan fingerprint density at radius 3 is 2.70 bits per heavy atom. The van der Waals surface area contributed by atoms with Crippen molar-refractivity contribution in [3.8, 4) is 5.75 Å². The van der Waals surface area contributed by atoms with E-state index in [4.69, 9.17) is 14.4 Å². The number of hydrogen-bond donors (Lipinski definition) is 1. The number of nitrogens with zero attached hydrogens (tertiary/aromatic N) is 1. The van der Waals surface area contributed by atoms with Gasteiger partial charge in [-0.1, -0.05) is 17.3 Å². The van der Waals surface area contributed by atoms with E-state index in [2.05, 4.69) is 5.16 Å². The largest absolute Gasteiger partial charge is 0.487 e. The number of hydrogen-bond acceptors (Lipinski definition) is 4. The van der Waals surface area contributed by atoms with Crippen LogP contribution in [0, 0.1) is 6.92 Å². The van der Waals surface area contributed by atoms with Crippen LogP contribution in [0.3, 0.4) is 0 Å². The molecule has 0 unspecified atom stereocenters. The second kappa shape index (κ2) is 6.75. The van der Waals surface area contributed by atoms with Crippen LogP contribution in [-0.2, 0) is 17.8 Å². The monoisotopic (exact) mass is 275 g/mol. The normalized spacial score (nSPS) is 10.4. The van der Waals surface area contributed by atoms with Crippen LogP contribution in [-0.4, -0.2) is 16.2 Å². The standard InChI is InChI=1S/C15H17NO4/c1-11-9-13(16-20-11)10-19-14-7-5-12(6-8-14)3-2-4-15(17)18/h5-9H,2-4,10H2,1H3,(H,17,18). The summed E-state index contributed by atoms with van der Waals surface area (Å²) >= 11 is 0. The third-order valence-electron chi connectivity index (χ3n) is 2.84. The maximum Gasteiger partial charge on any atom is 0.303 e. The molecular weight excluding hydrogens is 258 g/mol. The third-order valence-corrected chi connectivity index (χ3v) is 2.84. The van der Waals surface area contributed by atoms with Gasteiger partial charge < -0.3 is 14.4 Å². The molecule has 0 aliphatic carbocycles. The van der Waals surface area contributed by atoms with E-state index >= 15 is 0 Å². The number of aliphatic carboxylic acids is 1. The second-order valence-electron chi connectivity index (χ2n) is 4.61. The van der Waals surface area contributed by atoms with Crippen LogP contribution in [0.1, 0.15) is 29.9 Å². The number of aryl methyl sites for hydroxylation is 2. The molecule has 0 fully saturated rings. The minimum Gasteiger partial charge on any atom is -0.487 e. The van der Waals surface area contributed by atoms with E-state index in [0.717, 1.165) is 29.2 Å². The van der Waals surface area contributed by atoms with E-state index in [1.54, 1.807) is 0 Å².